The second-order valence-corrected chi connectivity index (χ2v) is 12.6. The topological polar surface area (TPSA) is 128 Å². The predicted octanol–water partition coefficient (Wildman–Crippen LogP) is 4.25. The molecule has 1 aliphatic heterocycles. The molecule has 0 bridgehead atoms. The van der Waals surface area contributed by atoms with Gasteiger partial charge in [-0.1, -0.05) is 24.6 Å². The van der Waals surface area contributed by atoms with Crippen LogP contribution in [0, 0.1) is 18.7 Å². The Balaban J connectivity index is 1.61. The molecule has 0 saturated heterocycles. The van der Waals surface area contributed by atoms with Gasteiger partial charge in [-0.05, 0) is 68.4 Å². The van der Waals surface area contributed by atoms with Crippen LogP contribution >= 0.6 is 0 Å². The number of rotatable bonds is 8. The summed E-state index contributed by atoms with van der Waals surface area (Å²) in [7, 11) is -2.28. The average Bonchev–Trinajstić information content (AvgIpc) is 3.01. The third-order valence-electron chi connectivity index (χ3n) is 7.40. The quantitative estimate of drug-likeness (QED) is 0.349. The van der Waals surface area contributed by atoms with Crippen molar-refractivity contribution in [3.8, 4) is 5.75 Å². The van der Waals surface area contributed by atoms with E-state index >= 15 is 0 Å². The van der Waals surface area contributed by atoms with E-state index in [1.807, 2.05) is 13.8 Å². The fourth-order valence-electron chi connectivity index (χ4n) is 4.75. The van der Waals surface area contributed by atoms with Gasteiger partial charge < -0.3 is 25.0 Å². The predicted molar refractivity (Wildman–Crippen MR) is 162 cm³/mol. The van der Waals surface area contributed by atoms with Crippen LogP contribution in [0.15, 0.2) is 71.6 Å². The summed E-state index contributed by atoms with van der Waals surface area (Å²) in [5.74, 6) is -0.543. The molecule has 3 aromatic rings. The first-order valence-electron chi connectivity index (χ1n) is 13.9. The van der Waals surface area contributed by atoms with E-state index in [9.17, 15) is 27.5 Å². The highest BCUT2D eigenvalue weighted by atomic mass is 32.2. The first-order valence-corrected chi connectivity index (χ1v) is 15.4. The third-order valence-corrected chi connectivity index (χ3v) is 8.79. The number of likely N-dealkylation sites (N-methyl/N-ethyl adjacent to an activating group) is 1. The smallest absolute Gasteiger partial charge is 0.321 e. The highest BCUT2D eigenvalue weighted by Crippen LogP contribution is 2.30. The van der Waals surface area contributed by atoms with E-state index in [1.54, 1.807) is 49.2 Å². The van der Waals surface area contributed by atoms with Crippen LogP contribution in [-0.4, -0.2) is 74.2 Å². The Labute approximate surface area is 251 Å². The van der Waals surface area contributed by atoms with Gasteiger partial charge in [0.25, 0.3) is 10.0 Å². The van der Waals surface area contributed by atoms with Gasteiger partial charge in [-0.3, -0.25) is 9.52 Å². The Morgan fingerprint density at radius 1 is 1.12 bits per heavy atom. The fourth-order valence-corrected chi connectivity index (χ4v) is 5.80. The molecule has 3 amide bonds. The van der Waals surface area contributed by atoms with E-state index in [-0.39, 0.29) is 48.5 Å². The van der Waals surface area contributed by atoms with Crippen molar-refractivity contribution in [2.75, 3.05) is 36.8 Å². The number of carbonyl (C=O) groups excluding carboxylic acids is 2. The number of aliphatic hydroxyl groups excluding tert-OH is 1. The molecule has 0 aliphatic carbocycles. The van der Waals surface area contributed by atoms with Gasteiger partial charge in [-0.2, -0.15) is 0 Å². The summed E-state index contributed by atoms with van der Waals surface area (Å²) in [5.41, 5.74) is 2.08. The van der Waals surface area contributed by atoms with Crippen LogP contribution in [0.5, 0.6) is 5.75 Å². The summed E-state index contributed by atoms with van der Waals surface area (Å²) >= 11 is 0. The van der Waals surface area contributed by atoms with Gasteiger partial charge in [0.15, 0.2) is 0 Å². The number of nitrogens with zero attached hydrogens (tertiary/aromatic N) is 2. The van der Waals surface area contributed by atoms with E-state index < -0.39 is 34.0 Å². The SMILES string of the molecule is Cc1ccc(S(=O)(=O)Nc2ccc3c(c2)CC(=O)N([C@@H](C)CO)C[C@H](C)[C@@H](CN(C)C(=O)Nc2ccc(F)cc2)O3)cc1. The fraction of sp³-hybridized carbons (Fsp3) is 0.355. The highest BCUT2D eigenvalue weighted by molar-refractivity contribution is 7.92. The molecule has 0 unspecified atom stereocenters. The number of urea groups is 1. The number of halogens is 1. The van der Waals surface area contributed by atoms with Crippen LogP contribution < -0.4 is 14.8 Å². The molecule has 12 heteroatoms. The summed E-state index contributed by atoms with van der Waals surface area (Å²) in [6, 6.07) is 15.7. The standard InChI is InChI=1S/C31H37FN4O6S/c1-20-5-12-27(13-6-20)43(40,41)34-26-11-14-28-23(15-26)16-30(38)36(22(3)19-37)17-21(2)29(42-28)18-35(4)31(39)33-25-9-7-24(32)8-10-25/h5-15,21-22,29,34,37H,16-19H2,1-4H3,(H,33,39)/t21-,22-,29+/m0/s1. The molecule has 230 valence electrons. The molecule has 10 nitrogen and oxygen atoms in total. The lowest BCUT2D eigenvalue weighted by Crippen LogP contribution is -2.48. The zero-order valence-corrected chi connectivity index (χ0v) is 25.4. The third kappa shape index (κ3) is 8.02. The number of hydrogen-bond donors (Lipinski definition) is 3. The van der Waals surface area contributed by atoms with Crippen molar-refractivity contribution >= 4 is 33.3 Å². The maximum atomic E-state index is 13.5. The molecule has 1 heterocycles. The van der Waals surface area contributed by atoms with Gasteiger partial charge in [0.1, 0.15) is 17.7 Å². The summed E-state index contributed by atoms with van der Waals surface area (Å²) in [6.07, 6.45) is -0.655. The maximum Gasteiger partial charge on any atom is 0.321 e. The number of sulfonamides is 1. The van der Waals surface area contributed by atoms with E-state index in [4.69, 9.17) is 4.74 Å². The molecule has 3 aromatic carbocycles. The monoisotopic (exact) mass is 612 g/mol. The Morgan fingerprint density at radius 3 is 2.42 bits per heavy atom. The minimum Gasteiger partial charge on any atom is -0.488 e. The van der Waals surface area contributed by atoms with Crippen molar-refractivity contribution in [2.45, 2.75) is 44.2 Å². The molecule has 1 aliphatic rings. The first kappa shape index (κ1) is 31.8. The summed E-state index contributed by atoms with van der Waals surface area (Å²) in [6.45, 7) is 5.67. The number of carbonyl (C=O) groups is 2. The van der Waals surface area contributed by atoms with Crippen molar-refractivity contribution in [3.05, 3.63) is 83.7 Å². The van der Waals surface area contributed by atoms with E-state index in [0.29, 0.717) is 17.0 Å². The van der Waals surface area contributed by atoms with Crippen molar-refractivity contribution in [2.24, 2.45) is 5.92 Å². The molecule has 43 heavy (non-hydrogen) atoms. The van der Waals surface area contributed by atoms with Crippen LogP contribution in [0.25, 0.3) is 0 Å². The Morgan fingerprint density at radius 2 is 1.77 bits per heavy atom. The van der Waals surface area contributed by atoms with Crippen molar-refractivity contribution in [3.63, 3.8) is 0 Å². The molecule has 3 atom stereocenters. The van der Waals surface area contributed by atoms with Crippen LogP contribution in [0.1, 0.15) is 25.0 Å². The van der Waals surface area contributed by atoms with Crippen molar-refractivity contribution < 1.29 is 32.2 Å². The molecule has 0 fully saturated rings. The number of aryl methyl sites for hydroxylation is 1. The van der Waals surface area contributed by atoms with Crippen LogP contribution in [0.3, 0.4) is 0 Å². The number of aliphatic hydroxyl groups is 1. The lowest BCUT2D eigenvalue weighted by Gasteiger charge is -2.34. The van der Waals surface area contributed by atoms with E-state index in [2.05, 4.69) is 10.0 Å². The summed E-state index contributed by atoms with van der Waals surface area (Å²) in [4.78, 5) is 29.5. The van der Waals surface area contributed by atoms with Crippen LogP contribution in [0.2, 0.25) is 0 Å². The number of hydrogen-bond acceptors (Lipinski definition) is 6. The molecule has 3 N–H and O–H groups in total. The minimum atomic E-state index is -3.89. The number of ether oxygens (including phenoxy) is 1. The number of nitrogens with one attached hydrogen (secondary N) is 2. The van der Waals surface area contributed by atoms with Gasteiger partial charge in [0.2, 0.25) is 5.91 Å². The number of anilines is 2. The van der Waals surface area contributed by atoms with E-state index in [1.165, 1.54) is 41.3 Å². The molecule has 0 spiro atoms. The van der Waals surface area contributed by atoms with Gasteiger partial charge in [0.05, 0.1) is 30.5 Å². The minimum absolute atomic E-state index is 0.0832. The molecule has 0 saturated carbocycles. The zero-order chi connectivity index (χ0) is 31.3. The number of fused-ring (bicyclic) bond motifs is 1. The lowest BCUT2D eigenvalue weighted by molar-refractivity contribution is -0.134. The van der Waals surface area contributed by atoms with Crippen LogP contribution in [-0.2, 0) is 21.2 Å². The van der Waals surface area contributed by atoms with Gasteiger partial charge in [0, 0.05) is 36.4 Å². The second kappa shape index (κ2) is 13.4. The highest BCUT2D eigenvalue weighted by Gasteiger charge is 2.32. The largest absolute Gasteiger partial charge is 0.488 e. The van der Waals surface area contributed by atoms with Gasteiger partial charge in [-0.15, -0.1) is 0 Å². The number of amides is 3. The Bertz CT molecular complexity index is 1550. The van der Waals surface area contributed by atoms with Crippen molar-refractivity contribution in [1.82, 2.24) is 9.80 Å². The lowest BCUT2D eigenvalue weighted by atomic mass is 10.0. The molecular formula is C31H37FN4O6S. The summed E-state index contributed by atoms with van der Waals surface area (Å²) in [5, 5.41) is 12.6. The van der Waals surface area contributed by atoms with E-state index in [0.717, 1.165) is 5.56 Å². The van der Waals surface area contributed by atoms with Crippen molar-refractivity contribution in [1.29, 1.82) is 0 Å². The first-order chi connectivity index (χ1) is 20.4. The molecular weight excluding hydrogens is 575 g/mol. The van der Waals surface area contributed by atoms with Gasteiger partial charge in [-0.25, -0.2) is 17.6 Å². The average molecular weight is 613 g/mol. The molecule has 4 rings (SSSR count). The number of benzene rings is 3. The summed E-state index contributed by atoms with van der Waals surface area (Å²) < 4.78 is 48.3. The zero-order valence-electron chi connectivity index (χ0n) is 24.6. The Kier molecular flexibility index (Phi) is 9.92. The van der Waals surface area contributed by atoms with Crippen LogP contribution in [0.4, 0.5) is 20.6 Å². The normalized spacial score (nSPS) is 17.9. The Hall–Kier alpha value is -4.16. The molecule has 0 radical (unpaired) electrons. The maximum absolute atomic E-state index is 13.5. The molecule has 0 aromatic heterocycles. The van der Waals surface area contributed by atoms with Gasteiger partial charge >= 0.3 is 6.03 Å². The second-order valence-electron chi connectivity index (χ2n) is 10.9.